The number of piperazine rings is 1. The number of carbonyl (C=O) groups is 1. The van der Waals surface area contributed by atoms with E-state index in [0.29, 0.717) is 67.5 Å². The number of aromatic amines is 1. The molecule has 4 aromatic carbocycles. The van der Waals surface area contributed by atoms with Crippen LogP contribution in [0.1, 0.15) is 111 Å². The number of anilines is 2. The minimum absolute atomic E-state index is 0.0366. The Morgan fingerprint density at radius 2 is 1.71 bits per heavy atom. The molecular formula is C59H70N8O10S. The molecule has 19 heteroatoms. The molecule has 3 aliphatic heterocycles. The highest BCUT2D eigenvalue weighted by Gasteiger charge is 2.50. The number of nitro benzene ring substituents is 1. The third-order valence-electron chi connectivity index (χ3n) is 17.1. The summed E-state index contributed by atoms with van der Waals surface area (Å²) in [5, 5.41) is 26.5. The van der Waals surface area contributed by atoms with Gasteiger partial charge in [-0.25, -0.2) is 18.1 Å². The number of pyridine rings is 1. The maximum absolute atomic E-state index is 14.2. The minimum atomic E-state index is -4.60. The molecule has 1 unspecified atom stereocenters. The number of methoxy groups -OCH3 is 1. The van der Waals surface area contributed by atoms with E-state index in [4.69, 9.17) is 18.9 Å². The molecule has 5 heterocycles. The molecule has 2 aromatic heterocycles. The van der Waals surface area contributed by atoms with Gasteiger partial charge in [-0.05, 0) is 129 Å². The van der Waals surface area contributed by atoms with Crippen molar-refractivity contribution in [3.05, 3.63) is 130 Å². The highest BCUT2D eigenvalue weighted by molar-refractivity contribution is 7.90. The zero-order chi connectivity index (χ0) is 54.3. The summed E-state index contributed by atoms with van der Waals surface area (Å²) >= 11 is 0. The number of nitrogens with zero attached hydrogens (tertiary/aromatic N) is 5. The standard InChI is InChI=1S/C59H70N8O10S/c1-38(2)46-7-5-6-8-47(46)51-37-64(36-41-9-14-52(74-4)55-54(41)75-27-28-76-55)25-26-66(51)43-32-59(33-43)20-23-65(24-21-59)42-10-12-48(53(30-42)77-44-29-40-17-22-60-56(40)62-35-44)57(68)63-78(72,73)45-11-13-49(50(31-45)67(70)71)61-34-39-15-18-58(3,69)19-16-39/h5-14,17,22,29-31,35,38-39,43,51,61,69H,15-16,18-21,23-28,32-34,36-37H2,1-4H3,(H,60,62)(H,63,68). The van der Waals surface area contributed by atoms with Gasteiger partial charge in [0.05, 0.1) is 34.3 Å². The van der Waals surface area contributed by atoms with Crippen LogP contribution in [-0.2, 0) is 16.6 Å². The summed E-state index contributed by atoms with van der Waals surface area (Å²) in [6.07, 6.45) is 10.3. The van der Waals surface area contributed by atoms with Gasteiger partial charge in [0.1, 0.15) is 36.0 Å². The van der Waals surface area contributed by atoms with Crippen LogP contribution in [0.25, 0.3) is 11.0 Å². The Kier molecular flexibility index (Phi) is 14.8. The Hall–Kier alpha value is -6.93. The van der Waals surface area contributed by atoms with Crippen LogP contribution >= 0.6 is 0 Å². The van der Waals surface area contributed by atoms with Crippen LogP contribution in [0.4, 0.5) is 17.1 Å². The lowest BCUT2D eigenvalue weighted by atomic mass is 9.59. The molecule has 78 heavy (non-hydrogen) atoms. The lowest BCUT2D eigenvalue weighted by molar-refractivity contribution is -0.384. The van der Waals surface area contributed by atoms with Gasteiger partial charge in [0.2, 0.25) is 5.75 Å². The molecule has 412 valence electrons. The molecule has 11 rings (SSSR count). The fraction of sp³-hybridized carbons (Fsp3) is 0.458. The predicted octanol–water partition coefficient (Wildman–Crippen LogP) is 9.95. The van der Waals surface area contributed by atoms with E-state index in [1.807, 2.05) is 25.1 Å². The van der Waals surface area contributed by atoms with E-state index < -0.39 is 37.0 Å². The number of nitrogens with one attached hydrogen (secondary N) is 3. The zero-order valence-corrected chi connectivity index (χ0v) is 45.7. The quantitative estimate of drug-likeness (QED) is 0.0524. The van der Waals surface area contributed by atoms with Gasteiger partial charge >= 0.3 is 0 Å². The minimum Gasteiger partial charge on any atom is -0.493 e. The third-order valence-corrected chi connectivity index (χ3v) is 18.4. The van der Waals surface area contributed by atoms with Crippen molar-refractivity contribution in [3.63, 3.8) is 0 Å². The van der Waals surface area contributed by atoms with Crippen molar-refractivity contribution in [2.75, 3.05) is 69.8 Å². The van der Waals surface area contributed by atoms with Gasteiger partial charge in [-0.1, -0.05) is 44.2 Å². The van der Waals surface area contributed by atoms with E-state index in [-0.39, 0.29) is 34.4 Å². The van der Waals surface area contributed by atoms with Gasteiger partial charge in [-0.3, -0.25) is 24.7 Å². The van der Waals surface area contributed by atoms with Crippen molar-refractivity contribution >= 4 is 44.0 Å². The van der Waals surface area contributed by atoms with Crippen molar-refractivity contribution in [3.8, 4) is 28.7 Å². The van der Waals surface area contributed by atoms with E-state index in [1.165, 1.54) is 29.5 Å². The van der Waals surface area contributed by atoms with Crippen LogP contribution in [0.2, 0.25) is 0 Å². The van der Waals surface area contributed by atoms with Crippen LogP contribution in [0.5, 0.6) is 28.7 Å². The molecule has 4 fully saturated rings. The number of ether oxygens (including phenoxy) is 4. The van der Waals surface area contributed by atoms with E-state index in [0.717, 1.165) is 106 Å². The lowest BCUT2D eigenvalue weighted by Gasteiger charge is -2.58. The molecule has 6 aromatic rings. The van der Waals surface area contributed by atoms with Gasteiger partial charge in [0.25, 0.3) is 21.6 Å². The predicted molar refractivity (Wildman–Crippen MR) is 298 cm³/mol. The topological polar surface area (TPSA) is 214 Å². The molecule has 18 nitrogen and oxygen atoms in total. The molecule has 1 spiro atoms. The van der Waals surface area contributed by atoms with Crippen molar-refractivity contribution in [2.24, 2.45) is 11.3 Å². The number of carbonyl (C=O) groups excluding carboxylic acids is 1. The van der Waals surface area contributed by atoms with Gasteiger partial charge in [-0.2, -0.15) is 0 Å². The average molecular weight is 1080 g/mol. The van der Waals surface area contributed by atoms with Crippen LogP contribution in [-0.4, -0.2) is 115 Å². The summed E-state index contributed by atoms with van der Waals surface area (Å²) in [5.74, 6) is 2.26. The fourth-order valence-corrected chi connectivity index (χ4v) is 13.6. The highest BCUT2D eigenvalue weighted by Crippen LogP contribution is 2.54. The van der Waals surface area contributed by atoms with Gasteiger partial charge in [0, 0.05) is 92.9 Å². The summed E-state index contributed by atoms with van der Waals surface area (Å²) in [7, 11) is -2.94. The van der Waals surface area contributed by atoms with Gasteiger partial charge in [-0.15, -0.1) is 0 Å². The monoisotopic (exact) mass is 1080 g/mol. The SMILES string of the molecule is COc1ccc(CN2CCN(C3CC4(CCN(c5ccc(C(=O)NS(=O)(=O)c6ccc(NCC7CCC(C)(O)CC7)c([N+](=O)[O-])c6)c(Oc6cnc7[nH]ccc7c6)c5)CC4)C3)C(c3ccccc3C(C)C)C2)c2c1OCCO2. The van der Waals surface area contributed by atoms with E-state index >= 15 is 0 Å². The second-order valence-corrected chi connectivity index (χ2v) is 24.3. The van der Waals surface area contributed by atoms with Crippen LogP contribution in [0.3, 0.4) is 0 Å². The maximum atomic E-state index is 14.2. The molecule has 2 aliphatic carbocycles. The number of rotatable bonds is 16. The van der Waals surface area contributed by atoms with Crippen LogP contribution in [0.15, 0.2) is 102 Å². The summed E-state index contributed by atoms with van der Waals surface area (Å²) < 4.78 is 54.2. The van der Waals surface area contributed by atoms with Crippen molar-refractivity contribution in [1.82, 2.24) is 24.5 Å². The number of benzene rings is 4. The number of aliphatic hydroxyl groups is 1. The highest BCUT2D eigenvalue weighted by atomic mass is 32.2. The van der Waals surface area contributed by atoms with Crippen molar-refractivity contribution in [1.29, 1.82) is 0 Å². The first-order valence-electron chi connectivity index (χ1n) is 27.4. The smallest absolute Gasteiger partial charge is 0.293 e. The van der Waals surface area contributed by atoms with Crippen LogP contribution in [0, 0.1) is 21.4 Å². The largest absolute Gasteiger partial charge is 0.493 e. The maximum Gasteiger partial charge on any atom is 0.293 e. The van der Waals surface area contributed by atoms with E-state index in [2.05, 4.69) is 78.9 Å². The van der Waals surface area contributed by atoms with Crippen LogP contribution < -0.4 is 33.9 Å². The number of fused-ring (bicyclic) bond motifs is 2. The number of amides is 1. The Bertz CT molecular complexity index is 3300. The van der Waals surface area contributed by atoms with E-state index in [1.54, 1.807) is 31.5 Å². The number of piperidine rings is 1. The number of H-pyrrole nitrogens is 1. The first-order chi connectivity index (χ1) is 37.5. The first-order valence-corrected chi connectivity index (χ1v) is 28.9. The number of aromatic nitrogens is 2. The summed E-state index contributed by atoms with van der Waals surface area (Å²) in [6.45, 7) is 12.9. The molecule has 0 radical (unpaired) electrons. The Balaban J connectivity index is 0.781. The molecule has 1 amide bonds. The average Bonchev–Trinajstić information content (AvgIpc) is 4.06. The second kappa shape index (κ2) is 21.7. The van der Waals surface area contributed by atoms with Crippen molar-refractivity contribution < 1.29 is 42.2 Å². The normalized spacial score (nSPS) is 21.8. The third kappa shape index (κ3) is 11.1. The molecule has 2 saturated carbocycles. The summed E-state index contributed by atoms with van der Waals surface area (Å²) in [5.41, 5.74) is 4.56. The van der Waals surface area contributed by atoms with Crippen molar-refractivity contribution in [2.45, 2.75) is 107 Å². The molecular weight excluding hydrogens is 1010 g/mol. The zero-order valence-electron chi connectivity index (χ0n) is 44.8. The Labute approximate surface area is 455 Å². The molecule has 4 N–H and O–H groups in total. The number of nitro groups is 1. The Morgan fingerprint density at radius 1 is 0.936 bits per heavy atom. The second-order valence-electron chi connectivity index (χ2n) is 22.7. The number of hydrogen-bond acceptors (Lipinski definition) is 15. The fourth-order valence-electron chi connectivity index (χ4n) is 12.6. The number of sulfonamides is 1. The molecule has 2 saturated heterocycles. The molecule has 0 bridgehead atoms. The molecule has 5 aliphatic rings. The Morgan fingerprint density at radius 3 is 2.46 bits per heavy atom. The summed E-state index contributed by atoms with van der Waals surface area (Å²) in [6, 6.07) is 26.1. The lowest BCUT2D eigenvalue weighted by Crippen LogP contribution is -2.60. The number of hydrogen-bond donors (Lipinski definition) is 4. The summed E-state index contributed by atoms with van der Waals surface area (Å²) in [4.78, 5) is 40.5. The van der Waals surface area contributed by atoms with Gasteiger partial charge in [0.15, 0.2) is 11.5 Å². The van der Waals surface area contributed by atoms with Gasteiger partial charge < -0.3 is 39.3 Å². The first kappa shape index (κ1) is 53.1. The van der Waals surface area contributed by atoms with E-state index in [9.17, 15) is 28.4 Å². The molecule has 1 atom stereocenters.